The molecular formula is C11H17FO2. The van der Waals surface area contributed by atoms with Gasteiger partial charge in [0.15, 0.2) is 6.17 Å². The summed E-state index contributed by atoms with van der Waals surface area (Å²) in [4.78, 5) is 11.2. The van der Waals surface area contributed by atoms with Crippen molar-refractivity contribution in [3.8, 4) is 0 Å². The third-order valence-electron chi connectivity index (χ3n) is 2.63. The van der Waals surface area contributed by atoms with Gasteiger partial charge in [-0.25, -0.2) is 9.18 Å². The van der Waals surface area contributed by atoms with E-state index < -0.39 is 12.1 Å². The van der Waals surface area contributed by atoms with E-state index in [0.717, 1.165) is 32.1 Å². The number of hydrogen-bond donors (Lipinski definition) is 0. The minimum Gasteiger partial charge on any atom is -0.459 e. The Bertz CT molecular complexity index is 197. The number of rotatable bonds is 4. The summed E-state index contributed by atoms with van der Waals surface area (Å²) in [6.07, 6.45) is 4.85. The highest BCUT2D eigenvalue weighted by Gasteiger charge is 2.30. The number of esters is 1. The third-order valence-corrected chi connectivity index (χ3v) is 2.63. The van der Waals surface area contributed by atoms with Crippen molar-refractivity contribution >= 4 is 5.97 Å². The second-order valence-electron chi connectivity index (χ2n) is 3.72. The average molecular weight is 200 g/mol. The molecule has 1 unspecified atom stereocenters. The molecule has 0 heterocycles. The van der Waals surface area contributed by atoms with Crippen LogP contribution in [0.5, 0.6) is 0 Å². The Hall–Kier alpha value is -0.860. The topological polar surface area (TPSA) is 26.3 Å². The second kappa shape index (κ2) is 5.78. The van der Waals surface area contributed by atoms with Crippen LogP contribution < -0.4 is 0 Å². The zero-order valence-electron chi connectivity index (χ0n) is 8.38. The van der Waals surface area contributed by atoms with Crippen molar-refractivity contribution in [2.45, 2.75) is 38.3 Å². The monoisotopic (exact) mass is 200 g/mol. The fourth-order valence-corrected chi connectivity index (χ4v) is 1.84. The number of carbonyl (C=O) groups excluding carboxylic acids is 1. The number of alkyl halides is 1. The van der Waals surface area contributed by atoms with Gasteiger partial charge >= 0.3 is 5.97 Å². The van der Waals surface area contributed by atoms with Crippen LogP contribution in [0.25, 0.3) is 0 Å². The molecule has 0 aromatic carbocycles. The summed E-state index contributed by atoms with van der Waals surface area (Å²) >= 11 is 0. The lowest BCUT2D eigenvalue weighted by atomic mass is 9.86. The first-order chi connectivity index (χ1) is 6.75. The highest BCUT2D eigenvalue weighted by molar-refractivity contribution is 5.75. The molecule has 1 atom stereocenters. The summed E-state index contributed by atoms with van der Waals surface area (Å²) < 4.78 is 18.2. The van der Waals surface area contributed by atoms with Crippen molar-refractivity contribution in [3.05, 3.63) is 12.7 Å². The van der Waals surface area contributed by atoms with Gasteiger partial charge in [-0.3, -0.25) is 0 Å². The SMILES string of the molecule is C=CCOC(=O)C(F)C1CCCCC1. The Morgan fingerprint density at radius 1 is 1.50 bits per heavy atom. The maximum atomic E-state index is 13.5. The minimum atomic E-state index is -1.43. The first-order valence-corrected chi connectivity index (χ1v) is 5.17. The van der Waals surface area contributed by atoms with Gasteiger partial charge in [0.05, 0.1) is 0 Å². The fourth-order valence-electron chi connectivity index (χ4n) is 1.84. The van der Waals surface area contributed by atoms with Gasteiger partial charge in [0.25, 0.3) is 0 Å². The molecule has 2 nitrogen and oxygen atoms in total. The van der Waals surface area contributed by atoms with Crippen LogP contribution in [0.15, 0.2) is 12.7 Å². The predicted molar refractivity (Wildman–Crippen MR) is 52.6 cm³/mol. The summed E-state index contributed by atoms with van der Waals surface area (Å²) in [5.74, 6) is -0.849. The summed E-state index contributed by atoms with van der Waals surface area (Å²) in [5, 5.41) is 0. The largest absolute Gasteiger partial charge is 0.459 e. The summed E-state index contributed by atoms with van der Waals surface area (Å²) in [6, 6.07) is 0. The molecule has 80 valence electrons. The molecule has 1 aliphatic carbocycles. The molecule has 0 radical (unpaired) electrons. The lowest BCUT2D eigenvalue weighted by molar-refractivity contribution is -0.151. The normalized spacial score (nSPS) is 20.1. The molecule has 1 saturated carbocycles. The quantitative estimate of drug-likeness (QED) is 0.515. The predicted octanol–water partition coefficient (Wildman–Crippen LogP) is 2.63. The summed E-state index contributed by atoms with van der Waals surface area (Å²) in [7, 11) is 0. The van der Waals surface area contributed by atoms with Crippen LogP contribution in [0, 0.1) is 5.92 Å². The van der Waals surface area contributed by atoms with Gasteiger partial charge < -0.3 is 4.74 Å². The van der Waals surface area contributed by atoms with Crippen molar-refractivity contribution in [1.29, 1.82) is 0 Å². The Labute approximate surface area is 84.1 Å². The van der Waals surface area contributed by atoms with E-state index in [1.165, 1.54) is 6.08 Å². The summed E-state index contributed by atoms with van der Waals surface area (Å²) in [5.41, 5.74) is 0. The van der Waals surface area contributed by atoms with E-state index in [0.29, 0.717) is 0 Å². The number of carbonyl (C=O) groups is 1. The van der Waals surface area contributed by atoms with Crippen LogP contribution in [0.1, 0.15) is 32.1 Å². The highest BCUT2D eigenvalue weighted by Crippen LogP contribution is 2.28. The number of hydrogen-bond acceptors (Lipinski definition) is 2. The molecule has 0 bridgehead atoms. The maximum Gasteiger partial charge on any atom is 0.341 e. The molecule has 0 aliphatic heterocycles. The van der Waals surface area contributed by atoms with Crippen LogP contribution in [0.2, 0.25) is 0 Å². The Morgan fingerprint density at radius 3 is 2.71 bits per heavy atom. The Morgan fingerprint density at radius 2 is 2.14 bits per heavy atom. The lowest BCUT2D eigenvalue weighted by Gasteiger charge is -2.23. The second-order valence-corrected chi connectivity index (χ2v) is 3.72. The molecule has 0 amide bonds. The van der Waals surface area contributed by atoms with Crippen LogP contribution in [0.3, 0.4) is 0 Å². The molecular weight excluding hydrogens is 183 g/mol. The fraction of sp³-hybridized carbons (Fsp3) is 0.727. The van der Waals surface area contributed by atoms with E-state index in [-0.39, 0.29) is 12.5 Å². The Balaban J connectivity index is 2.33. The van der Waals surface area contributed by atoms with E-state index >= 15 is 0 Å². The van der Waals surface area contributed by atoms with Gasteiger partial charge in [0, 0.05) is 5.92 Å². The molecule has 0 spiro atoms. The van der Waals surface area contributed by atoms with Crippen molar-refractivity contribution in [2.75, 3.05) is 6.61 Å². The zero-order chi connectivity index (χ0) is 10.4. The molecule has 0 aromatic heterocycles. The molecule has 1 aliphatic rings. The average Bonchev–Trinajstić information content (AvgIpc) is 2.26. The van der Waals surface area contributed by atoms with Crippen LogP contribution in [-0.2, 0) is 9.53 Å². The molecule has 0 N–H and O–H groups in total. The number of ether oxygens (including phenoxy) is 1. The summed E-state index contributed by atoms with van der Waals surface area (Å²) in [6.45, 7) is 3.51. The van der Waals surface area contributed by atoms with Gasteiger partial charge in [-0.05, 0) is 12.8 Å². The molecule has 0 aromatic rings. The van der Waals surface area contributed by atoms with Crippen LogP contribution in [-0.4, -0.2) is 18.7 Å². The van der Waals surface area contributed by atoms with Crippen LogP contribution in [0.4, 0.5) is 4.39 Å². The highest BCUT2D eigenvalue weighted by atomic mass is 19.1. The molecule has 3 heteroatoms. The van der Waals surface area contributed by atoms with Crippen LogP contribution >= 0.6 is 0 Å². The minimum absolute atomic E-state index is 0.103. The first kappa shape index (κ1) is 11.2. The molecule has 14 heavy (non-hydrogen) atoms. The van der Waals surface area contributed by atoms with E-state index in [9.17, 15) is 9.18 Å². The van der Waals surface area contributed by atoms with Gasteiger partial charge in [-0.15, -0.1) is 0 Å². The van der Waals surface area contributed by atoms with Gasteiger partial charge in [0.2, 0.25) is 0 Å². The van der Waals surface area contributed by atoms with Crippen molar-refractivity contribution < 1.29 is 13.9 Å². The smallest absolute Gasteiger partial charge is 0.341 e. The van der Waals surface area contributed by atoms with E-state index in [1.54, 1.807) is 0 Å². The first-order valence-electron chi connectivity index (χ1n) is 5.17. The van der Waals surface area contributed by atoms with Gasteiger partial charge in [-0.1, -0.05) is 31.9 Å². The molecule has 0 saturated heterocycles. The van der Waals surface area contributed by atoms with Crippen molar-refractivity contribution in [3.63, 3.8) is 0 Å². The third kappa shape index (κ3) is 3.13. The zero-order valence-corrected chi connectivity index (χ0v) is 8.38. The maximum absolute atomic E-state index is 13.5. The lowest BCUT2D eigenvalue weighted by Crippen LogP contribution is -2.29. The van der Waals surface area contributed by atoms with Crippen molar-refractivity contribution in [2.24, 2.45) is 5.92 Å². The van der Waals surface area contributed by atoms with E-state index in [1.807, 2.05) is 0 Å². The van der Waals surface area contributed by atoms with Crippen molar-refractivity contribution in [1.82, 2.24) is 0 Å². The standard InChI is InChI=1S/C11H17FO2/c1-2-8-14-11(13)10(12)9-6-4-3-5-7-9/h2,9-10H,1,3-8H2. The number of halogens is 1. The van der Waals surface area contributed by atoms with E-state index in [4.69, 9.17) is 0 Å². The Kier molecular flexibility index (Phi) is 4.63. The van der Waals surface area contributed by atoms with Gasteiger partial charge in [-0.2, -0.15) is 0 Å². The molecule has 1 fully saturated rings. The van der Waals surface area contributed by atoms with E-state index in [2.05, 4.69) is 11.3 Å². The molecule has 1 rings (SSSR count). The van der Waals surface area contributed by atoms with Gasteiger partial charge in [0.1, 0.15) is 6.61 Å².